The molecule has 1 aromatic carbocycles. The van der Waals surface area contributed by atoms with Crippen molar-refractivity contribution >= 4 is 23.5 Å². The Bertz CT molecular complexity index is 670. The minimum atomic E-state index is -0.392. The van der Waals surface area contributed by atoms with Crippen molar-refractivity contribution in [1.82, 2.24) is 9.55 Å². The van der Waals surface area contributed by atoms with Gasteiger partial charge in [-0.15, -0.1) is 11.8 Å². The Labute approximate surface area is 127 Å². The molecule has 0 aliphatic heterocycles. The average Bonchev–Trinajstić information content (AvgIpc) is 2.49. The number of carbonyl (C=O) groups excluding carboxylic acids is 1. The van der Waals surface area contributed by atoms with Gasteiger partial charge in [0.1, 0.15) is 5.82 Å². The van der Waals surface area contributed by atoms with Gasteiger partial charge >= 0.3 is 5.69 Å². The van der Waals surface area contributed by atoms with Crippen molar-refractivity contribution in [1.29, 1.82) is 0 Å². The van der Waals surface area contributed by atoms with Crippen molar-refractivity contribution in [2.24, 2.45) is 7.05 Å². The van der Waals surface area contributed by atoms with E-state index in [4.69, 9.17) is 0 Å². The van der Waals surface area contributed by atoms with Crippen LogP contribution in [0, 0.1) is 0 Å². The number of thioether (sulfide) groups is 1. The van der Waals surface area contributed by atoms with Crippen LogP contribution in [0.25, 0.3) is 0 Å². The van der Waals surface area contributed by atoms with E-state index in [0.29, 0.717) is 6.42 Å². The van der Waals surface area contributed by atoms with Crippen LogP contribution in [0.4, 0.5) is 5.82 Å². The van der Waals surface area contributed by atoms with E-state index in [-0.39, 0.29) is 17.0 Å². The Hall–Kier alpha value is -2.08. The number of aryl methyl sites for hydroxylation is 1. The number of amides is 1. The van der Waals surface area contributed by atoms with Crippen molar-refractivity contribution < 1.29 is 4.79 Å². The first-order chi connectivity index (χ1) is 10.1. The molecule has 0 aliphatic rings. The fraction of sp³-hybridized carbons (Fsp3) is 0.267. The predicted molar refractivity (Wildman–Crippen MR) is 84.5 cm³/mol. The number of aromatic nitrogens is 2. The number of hydrogen-bond acceptors (Lipinski definition) is 4. The summed E-state index contributed by atoms with van der Waals surface area (Å²) in [5.74, 6) is 0.141. The minimum Gasteiger partial charge on any atom is -0.310 e. The normalized spacial score (nSPS) is 11.9. The first-order valence-corrected chi connectivity index (χ1v) is 7.54. The van der Waals surface area contributed by atoms with Gasteiger partial charge in [0.05, 0.1) is 5.25 Å². The molecule has 21 heavy (non-hydrogen) atoms. The molecule has 1 heterocycles. The van der Waals surface area contributed by atoms with Gasteiger partial charge in [0.2, 0.25) is 5.91 Å². The van der Waals surface area contributed by atoms with Crippen LogP contribution in [0.1, 0.15) is 13.3 Å². The molecule has 1 unspecified atom stereocenters. The van der Waals surface area contributed by atoms with Gasteiger partial charge in [-0.2, -0.15) is 4.98 Å². The molecule has 0 radical (unpaired) electrons. The molecule has 1 atom stereocenters. The third-order valence-electron chi connectivity index (χ3n) is 2.91. The van der Waals surface area contributed by atoms with Gasteiger partial charge in [-0.1, -0.05) is 25.1 Å². The van der Waals surface area contributed by atoms with Gasteiger partial charge in [-0.05, 0) is 24.6 Å². The summed E-state index contributed by atoms with van der Waals surface area (Å²) in [4.78, 5) is 28.6. The summed E-state index contributed by atoms with van der Waals surface area (Å²) >= 11 is 1.50. The maximum absolute atomic E-state index is 12.3. The zero-order chi connectivity index (χ0) is 15.2. The second-order valence-corrected chi connectivity index (χ2v) is 5.80. The minimum absolute atomic E-state index is 0.146. The van der Waals surface area contributed by atoms with Crippen LogP contribution in [-0.4, -0.2) is 20.7 Å². The van der Waals surface area contributed by atoms with E-state index in [9.17, 15) is 9.59 Å². The monoisotopic (exact) mass is 303 g/mol. The Morgan fingerprint density at radius 1 is 1.33 bits per heavy atom. The van der Waals surface area contributed by atoms with Crippen LogP contribution in [0.3, 0.4) is 0 Å². The molecule has 0 bridgehead atoms. The summed E-state index contributed by atoms with van der Waals surface area (Å²) in [6.07, 6.45) is 2.27. The van der Waals surface area contributed by atoms with Crippen LogP contribution < -0.4 is 11.0 Å². The highest BCUT2D eigenvalue weighted by molar-refractivity contribution is 8.00. The largest absolute Gasteiger partial charge is 0.349 e. The molecule has 5 nitrogen and oxygen atoms in total. The molecule has 0 spiro atoms. The lowest BCUT2D eigenvalue weighted by Gasteiger charge is -2.14. The van der Waals surface area contributed by atoms with E-state index in [1.54, 1.807) is 19.3 Å². The number of hydrogen-bond donors (Lipinski definition) is 1. The third kappa shape index (κ3) is 4.19. The maximum atomic E-state index is 12.3. The van der Waals surface area contributed by atoms with E-state index < -0.39 is 5.69 Å². The topological polar surface area (TPSA) is 64.0 Å². The molecule has 1 N–H and O–H groups in total. The summed E-state index contributed by atoms with van der Waals surface area (Å²) in [7, 11) is 1.61. The molecule has 2 rings (SSSR count). The smallest absolute Gasteiger partial charge is 0.310 e. The fourth-order valence-electron chi connectivity index (χ4n) is 1.73. The lowest BCUT2D eigenvalue weighted by molar-refractivity contribution is -0.115. The maximum Gasteiger partial charge on any atom is 0.349 e. The number of nitrogens with zero attached hydrogens (tertiary/aromatic N) is 2. The van der Waals surface area contributed by atoms with Crippen LogP contribution in [-0.2, 0) is 11.8 Å². The van der Waals surface area contributed by atoms with E-state index in [0.717, 1.165) is 4.90 Å². The molecule has 1 aromatic heterocycles. The van der Waals surface area contributed by atoms with Gasteiger partial charge in [0, 0.05) is 18.1 Å². The summed E-state index contributed by atoms with van der Waals surface area (Å²) in [5.41, 5.74) is -0.392. The highest BCUT2D eigenvalue weighted by Crippen LogP contribution is 2.25. The number of rotatable bonds is 5. The number of anilines is 1. The molecular weight excluding hydrogens is 286 g/mol. The number of carbonyl (C=O) groups is 1. The Balaban J connectivity index is 2.06. The van der Waals surface area contributed by atoms with Crippen molar-refractivity contribution in [2.45, 2.75) is 23.5 Å². The lowest BCUT2D eigenvalue weighted by Crippen LogP contribution is -2.27. The first kappa shape index (κ1) is 15.3. The number of benzene rings is 1. The van der Waals surface area contributed by atoms with E-state index in [1.807, 2.05) is 37.3 Å². The Morgan fingerprint density at radius 2 is 2.05 bits per heavy atom. The van der Waals surface area contributed by atoms with Crippen LogP contribution >= 0.6 is 11.8 Å². The van der Waals surface area contributed by atoms with E-state index in [1.165, 1.54) is 16.3 Å². The van der Waals surface area contributed by atoms with Crippen molar-refractivity contribution in [3.05, 3.63) is 53.1 Å². The molecule has 0 saturated heterocycles. The summed E-state index contributed by atoms with van der Waals surface area (Å²) in [6.45, 7) is 1.96. The summed E-state index contributed by atoms with van der Waals surface area (Å²) < 4.78 is 1.35. The average molecular weight is 303 g/mol. The quantitative estimate of drug-likeness (QED) is 0.861. The van der Waals surface area contributed by atoms with Gasteiger partial charge in [0.15, 0.2) is 0 Å². The first-order valence-electron chi connectivity index (χ1n) is 6.66. The molecular formula is C15H17N3O2S. The Morgan fingerprint density at radius 3 is 2.67 bits per heavy atom. The van der Waals surface area contributed by atoms with Crippen LogP contribution in [0.5, 0.6) is 0 Å². The standard InChI is InChI=1S/C15H17N3O2S/c1-3-12(21-11-7-5-4-6-8-11)14(19)16-13-9-10-18(2)15(20)17-13/h4-10,12H,3H2,1-2H3,(H,16,17,19,20). The molecule has 1 amide bonds. The molecule has 6 heteroatoms. The van der Waals surface area contributed by atoms with E-state index in [2.05, 4.69) is 10.3 Å². The zero-order valence-electron chi connectivity index (χ0n) is 11.9. The molecule has 2 aromatic rings. The molecule has 0 saturated carbocycles. The lowest BCUT2D eigenvalue weighted by atomic mass is 10.3. The van der Waals surface area contributed by atoms with Gasteiger partial charge in [-0.25, -0.2) is 4.79 Å². The van der Waals surface area contributed by atoms with Crippen molar-refractivity contribution in [3.63, 3.8) is 0 Å². The third-order valence-corrected chi connectivity index (χ3v) is 4.29. The summed E-state index contributed by atoms with van der Waals surface area (Å²) in [6, 6.07) is 11.4. The second-order valence-electron chi connectivity index (χ2n) is 4.52. The molecule has 0 aliphatic carbocycles. The van der Waals surface area contributed by atoms with Gasteiger partial charge in [-0.3, -0.25) is 4.79 Å². The van der Waals surface area contributed by atoms with Crippen LogP contribution in [0.2, 0.25) is 0 Å². The highest BCUT2D eigenvalue weighted by Gasteiger charge is 2.18. The second kappa shape index (κ2) is 7.08. The fourth-order valence-corrected chi connectivity index (χ4v) is 2.70. The van der Waals surface area contributed by atoms with Gasteiger partial charge < -0.3 is 9.88 Å². The Kier molecular flexibility index (Phi) is 5.16. The van der Waals surface area contributed by atoms with Gasteiger partial charge in [0.25, 0.3) is 0 Å². The SMILES string of the molecule is CCC(Sc1ccccc1)C(=O)Nc1ccn(C)c(=O)n1. The molecule has 0 fully saturated rings. The highest BCUT2D eigenvalue weighted by atomic mass is 32.2. The molecule has 110 valence electrons. The van der Waals surface area contributed by atoms with E-state index >= 15 is 0 Å². The zero-order valence-corrected chi connectivity index (χ0v) is 12.8. The van der Waals surface area contributed by atoms with Crippen LogP contribution in [0.15, 0.2) is 52.3 Å². The van der Waals surface area contributed by atoms with Crippen molar-refractivity contribution in [2.75, 3.05) is 5.32 Å². The number of nitrogens with one attached hydrogen (secondary N) is 1. The van der Waals surface area contributed by atoms with Crippen molar-refractivity contribution in [3.8, 4) is 0 Å². The summed E-state index contributed by atoms with van der Waals surface area (Å²) in [5, 5.41) is 2.47. The predicted octanol–water partition coefficient (Wildman–Crippen LogP) is 2.29.